The van der Waals surface area contributed by atoms with Crippen LogP contribution in [0.15, 0.2) is 35.5 Å². The van der Waals surface area contributed by atoms with Crippen LogP contribution < -0.4 is 16.0 Å². The van der Waals surface area contributed by atoms with E-state index >= 15 is 0 Å². The molecule has 0 aromatic carbocycles. The number of aromatic nitrogens is 2. The van der Waals surface area contributed by atoms with E-state index in [-0.39, 0.29) is 10.6 Å². The van der Waals surface area contributed by atoms with Gasteiger partial charge in [-0.3, -0.25) is 15.3 Å². The fraction of sp³-hybridized carbons (Fsp3) is 0.333. The number of oxime groups is 1. The second kappa shape index (κ2) is 10.3. The first-order chi connectivity index (χ1) is 16.0. The van der Waals surface area contributed by atoms with Gasteiger partial charge in [0.05, 0.1) is 29.0 Å². The third kappa shape index (κ3) is 5.38. The van der Waals surface area contributed by atoms with Crippen molar-refractivity contribution in [2.45, 2.75) is 39.0 Å². The van der Waals surface area contributed by atoms with Crippen LogP contribution >= 0.6 is 0 Å². The Morgan fingerprint density at radius 2 is 2.09 bits per heavy atom. The Morgan fingerprint density at radius 1 is 1.21 bits per heavy atom. The third-order valence-corrected chi connectivity index (χ3v) is 5.53. The molecule has 2 aliphatic carbocycles. The molecule has 0 fully saturated rings. The van der Waals surface area contributed by atoms with E-state index in [4.69, 9.17) is 14.7 Å². The van der Waals surface area contributed by atoms with Crippen LogP contribution in [0.2, 0.25) is 0 Å². The maximum absolute atomic E-state index is 11.1. The van der Waals surface area contributed by atoms with Gasteiger partial charge in [0.2, 0.25) is 5.71 Å². The van der Waals surface area contributed by atoms with Crippen molar-refractivity contribution in [1.29, 1.82) is 0 Å². The Labute approximate surface area is 191 Å². The van der Waals surface area contributed by atoms with Gasteiger partial charge in [-0.15, -0.1) is 0 Å². The minimum atomic E-state index is -0.383. The Balaban J connectivity index is 1.39. The van der Waals surface area contributed by atoms with Gasteiger partial charge < -0.3 is 15.3 Å². The SMILES string of the molecule is CO/N=C(\C)c1cccc(CCCONC2=c3nc4c(cc3CCC2)=CC(=[N+]([O-])[O-])C=C4)n1. The number of nitrogens with zero attached hydrogens (tertiary/aromatic N) is 4. The monoisotopic (exact) mass is 448 g/mol. The topological polar surface area (TPSA) is 118 Å². The molecule has 0 atom stereocenters. The molecule has 4 rings (SSSR count). The van der Waals surface area contributed by atoms with Crippen LogP contribution in [0, 0.1) is 10.4 Å². The largest absolute Gasteiger partial charge is 0.612 e. The molecule has 0 saturated carbocycles. The van der Waals surface area contributed by atoms with Crippen LogP contribution in [0.25, 0.3) is 17.8 Å². The highest BCUT2D eigenvalue weighted by Gasteiger charge is 2.15. The number of hydrogen-bond acceptors (Lipinski definition) is 8. The summed E-state index contributed by atoms with van der Waals surface area (Å²) in [5.74, 6) is 0. The smallest absolute Gasteiger partial charge is 0.223 e. The summed E-state index contributed by atoms with van der Waals surface area (Å²) in [7, 11) is 1.52. The van der Waals surface area contributed by atoms with Crippen molar-refractivity contribution in [2.75, 3.05) is 13.7 Å². The van der Waals surface area contributed by atoms with Gasteiger partial charge in [-0.05, 0) is 68.9 Å². The first-order valence-corrected chi connectivity index (χ1v) is 10.9. The number of rotatable bonds is 8. The van der Waals surface area contributed by atoms with Crippen molar-refractivity contribution in [3.8, 4) is 0 Å². The van der Waals surface area contributed by atoms with E-state index in [1.54, 1.807) is 12.2 Å². The molecule has 0 amide bonds. The summed E-state index contributed by atoms with van der Waals surface area (Å²) < 4.78 is 0. The lowest BCUT2D eigenvalue weighted by atomic mass is 9.98. The molecule has 2 aliphatic rings. The van der Waals surface area contributed by atoms with Crippen LogP contribution in [0.4, 0.5) is 0 Å². The molecule has 2 heterocycles. The molecule has 0 radical (unpaired) electrons. The summed E-state index contributed by atoms with van der Waals surface area (Å²) in [5.41, 5.74) is 8.44. The van der Waals surface area contributed by atoms with Crippen molar-refractivity contribution in [2.24, 2.45) is 5.16 Å². The molecule has 2 aromatic rings. The summed E-state index contributed by atoms with van der Waals surface area (Å²) in [6.45, 7) is 2.38. The third-order valence-electron chi connectivity index (χ3n) is 5.53. The average Bonchev–Trinajstić information content (AvgIpc) is 2.82. The summed E-state index contributed by atoms with van der Waals surface area (Å²) in [5, 5.41) is 27.7. The molecular formula is C24H26N5O4-. The van der Waals surface area contributed by atoms with E-state index in [2.05, 4.69) is 15.6 Å². The number of hydrogen-bond donors (Lipinski definition) is 1. The zero-order chi connectivity index (χ0) is 23.2. The van der Waals surface area contributed by atoms with Crippen LogP contribution in [0.5, 0.6) is 0 Å². The Morgan fingerprint density at radius 3 is 2.91 bits per heavy atom. The van der Waals surface area contributed by atoms with Crippen molar-refractivity contribution in [3.05, 3.63) is 74.0 Å². The molecule has 0 saturated heterocycles. The molecule has 0 bridgehead atoms. The summed E-state index contributed by atoms with van der Waals surface area (Å²) in [6, 6.07) is 7.86. The number of pyridine rings is 2. The van der Waals surface area contributed by atoms with Crippen molar-refractivity contribution in [3.63, 3.8) is 0 Å². The Hall–Kier alpha value is -3.72. The van der Waals surface area contributed by atoms with Gasteiger partial charge in [0, 0.05) is 23.1 Å². The highest BCUT2D eigenvalue weighted by molar-refractivity contribution is 6.17. The van der Waals surface area contributed by atoms with Gasteiger partial charge in [0.25, 0.3) is 0 Å². The van der Waals surface area contributed by atoms with Gasteiger partial charge in [-0.25, -0.2) is 4.98 Å². The van der Waals surface area contributed by atoms with E-state index in [9.17, 15) is 10.4 Å². The number of nitrogens with one attached hydrogen (secondary N) is 1. The van der Waals surface area contributed by atoms with E-state index in [1.807, 2.05) is 31.2 Å². The number of fused-ring (bicyclic) bond motifs is 2. The van der Waals surface area contributed by atoms with Crippen LogP contribution in [0.1, 0.15) is 48.8 Å². The summed E-state index contributed by atoms with van der Waals surface area (Å²) in [4.78, 5) is 19.5. The zero-order valence-corrected chi connectivity index (χ0v) is 18.7. The molecule has 172 valence electrons. The molecular weight excluding hydrogens is 422 g/mol. The molecule has 9 nitrogen and oxygen atoms in total. The van der Waals surface area contributed by atoms with E-state index in [0.29, 0.717) is 6.61 Å². The minimum absolute atomic E-state index is 0.0758. The second-order valence-corrected chi connectivity index (χ2v) is 7.89. The molecule has 9 heteroatoms. The summed E-state index contributed by atoms with van der Waals surface area (Å²) >= 11 is 0. The van der Waals surface area contributed by atoms with Crippen molar-refractivity contribution >= 4 is 29.3 Å². The lowest BCUT2D eigenvalue weighted by Gasteiger charge is -2.18. The summed E-state index contributed by atoms with van der Waals surface area (Å²) in [6.07, 6.45) is 9.05. The molecule has 0 spiro atoms. The maximum Gasteiger partial charge on any atom is 0.223 e. The average molecular weight is 449 g/mol. The van der Waals surface area contributed by atoms with Gasteiger partial charge in [-0.1, -0.05) is 11.2 Å². The van der Waals surface area contributed by atoms with Crippen LogP contribution in [0.3, 0.4) is 0 Å². The lowest BCUT2D eigenvalue weighted by molar-refractivity contribution is -0.376. The Bertz CT molecular complexity index is 1250. The first-order valence-electron chi connectivity index (χ1n) is 10.9. The van der Waals surface area contributed by atoms with Crippen molar-refractivity contribution in [1.82, 2.24) is 15.4 Å². The van der Waals surface area contributed by atoms with E-state index in [0.717, 1.165) is 76.7 Å². The van der Waals surface area contributed by atoms with Crippen LogP contribution in [-0.4, -0.2) is 40.0 Å². The highest BCUT2D eigenvalue weighted by Crippen LogP contribution is 2.13. The number of aryl methyl sites for hydroxylation is 2. The van der Waals surface area contributed by atoms with Gasteiger partial charge >= 0.3 is 0 Å². The molecule has 0 aliphatic heterocycles. The van der Waals surface area contributed by atoms with Gasteiger partial charge in [-0.2, -0.15) is 4.90 Å². The first kappa shape index (κ1) is 22.5. The minimum Gasteiger partial charge on any atom is -0.612 e. The van der Waals surface area contributed by atoms with E-state index < -0.39 is 0 Å². The fourth-order valence-corrected chi connectivity index (χ4v) is 3.91. The molecule has 33 heavy (non-hydrogen) atoms. The quantitative estimate of drug-likeness (QED) is 0.283. The number of allylic oxidation sites excluding steroid dienone is 1. The fourth-order valence-electron chi connectivity index (χ4n) is 3.91. The predicted octanol–water partition coefficient (Wildman–Crippen LogP) is 1.70. The van der Waals surface area contributed by atoms with E-state index in [1.165, 1.54) is 13.2 Å². The number of hydroxylamine groups is 1. The molecule has 1 N–H and O–H groups in total. The predicted molar refractivity (Wildman–Crippen MR) is 126 cm³/mol. The van der Waals surface area contributed by atoms with Crippen molar-refractivity contribution < 1.29 is 14.6 Å². The van der Waals surface area contributed by atoms with Crippen LogP contribution in [-0.2, 0) is 22.5 Å². The normalized spacial score (nSPS) is 14.9. The zero-order valence-electron chi connectivity index (χ0n) is 18.7. The Kier molecular flexibility index (Phi) is 6.99. The van der Waals surface area contributed by atoms with Gasteiger partial charge in [0.1, 0.15) is 12.8 Å². The standard InChI is InChI=1S/C24H26N5O4/c1-16(27-32-2)21-9-4-7-19(25-21)8-5-13-33-28-23-10-3-6-17-14-18-15-20(29(30)31)11-12-22(18)26-24(17)23/h4,7,9,11-12,14-15,28H,3,5-6,8,10,13H2,1-2H3/q-1/b27-16+. The maximum atomic E-state index is 11.1. The second-order valence-electron chi connectivity index (χ2n) is 7.89. The van der Waals surface area contributed by atoms with Gasteiger partial charge in [0.15, 0.2) is 0 Å². The highest BCUT2D eigenvalue weighted by atomic mass is 16.8. The molecule has 2 aromatic heterocycles. The lowest BCUT2D eigenvalue weighted by Crippen LogP contribution is -2.33. The molecule has 0 unspecified atom stereocenters.